The Balaban J connectivity index is 0.00000127. The van der Waals surface area contributed by atoms with Crippen LogP contribution < -0.4 is 43.0 Å². The predicted molar refractivity (Wildman–Crippen MR) is 94.7 cm³/mol. The van der Waals surface area contributed by atoms with Crippen LogP contribution in [0, 0.1) is 0 Å². The maximum atomic E-state index is 11.3. The first kappa shape index (κ1) is 18.4. The van der Waals surface area contributed by atoms with Crippen molar-refractivity contribution in [3.63, 3.8) is 0 Å². The molecule has 0 fully saturated rings. The van der Waals surface area contributed by atoms with E-state index in [0.717, 1.165) is 0 Å². The van der Waals surface area contributed by atoms with Crippen LogP contribution in [0.15, 0.2) is 19.2 Å². The summed E-state index contributed by atoms with van der Waals surface area (Å²) in [6.07, 6.45) is 0.615. The maximum absolute atomic E-state index is 11.3. The standard InChI is InChI=1S/C13H16N4O4.C2H6/c1-14-6-8(12(20)10(6)18)16-4-3-5-17-9-7(15-2)11(19)13(9)21;1-2/h14-17H,3-5H2,1-2H3;1-2H3. The van der Waals surface area contributed by atoms with Gasteiger partial charge in [0.05, 0.1) is 0 Å². The van der Waals surface area contributed by atoms with Gasteiger partial charge in [-0.2, -0.15) is 0 Å². The molecule has 0 aliphatic heterocycles. The van der Waals surface area contributed by atoms with Gasteiger partial charge in [-0.3, -0.25) is 19.2 Å². The second kappa shape index (κ2) is 8.11. The Morgan fingerprint density at radius 2 is 0.913 bits per heavy atom. The molecule has 126 valence electrons. The Labute approximate surface area is 133 Å². The second-order valence-corrected chi connectivity index (χ2v) is 4.52. The molecule has 8 nitrogen and oxygen atoms in total. The lowest BCUT2D eigenvalue weighted by Crippen LogP contribution is -2.38. The van der Waals surface area contributed by atoms with Crippen molar-refractivity contribution in [1.82, 2.24) is 0 Å². The quantitative estimate of drug-likeness (QED) is 0.393. The minimum absolute atomic E-state index is 0.299. The summed E-state index contributed by atoms with van der Waals surface area (Å²) in [6.45, 7) is 4.94. The van der Waals surface area contributed by atoms with Gasteiger partial charge in [-0.1, -0.05) is 13.8 Å². The van der Waals surface area contributed by atoms with Crippen LogP contribution in [-0.4, -0.2) is 27.2 Å². The molecule has 2 aromatic carbocycles. The third kappa shape index (κ3) is 3.41. The van der Waals surface area contributed by atoms with Crippen LogP contribution in [0.25, 0.3) is 0 Å². The fraction of sp³-hybridized carbons (Fsp3) is 0.467. The number of rotatable bonds is 8. The van der Waals surface area contributed by atoms with E-state index in [1.807, 2.05) is 13.8 Å². The van der Waals surface area contributed by atoms with E-state index in [4.69, 9.17) is 0 Å². The van der Waals surface area contributed by atoms with Crippen LogP contribution in [0.4, 0.5) is 22.7 Å². The summed E-state index contributed by atoms with van der Waals surface area (Å²) < 4.78 is 0. The largest absolute Gasteiger partial charge is 0.383 e. The molecule has 0 aliphatic carbocycles. The fourth-order valence-electron chi connectivity index (χ4n) is 2.11. The summed E-state index contributed by atoms with van der Waals surface area (Å²) in [4.78, 5) is 44.9. The van der Waals surface area contributed by atoms with E-state index in [9.17, 15) is 19.2 Å². The Morgan fingerprint density at radius 3 is 1.22 bits per heavy atom. The molecule has 0 unspecified atom stereocenters. The lowest BCUT2D eigenvalue weighted by molar-refractivity contribution is 0.904. The van der Waals surface area contributed by atoms with E-state index in [1.165, 1.54) is 0 Å². The van der Waals surface area contributed by atoms with E-state index in [1.54, 1.807) is 14.1 Å². The summed E-state index contributed by atoms with van der Waals surface area (Å²) in [6, 6.07) is 0. The molecule has 0 aliphatic rings. The van der Waals surface area contributed by atoms with E-state index in [0.29, 0.717) is 42.3 Å². The molecule has 0 atom stereocenters. The van der Waals surface area contributed by atoms with Gasteiger partial charge in [0, 0.05) is 27.2 Å². The van der Waals surface area contributed by atoms with Gasteiger partial charge < -0.3 is 21.3 Å². The van der Waals surface area contributed by atoms with Gasteiger partial charge in [0.1, 0.15) is 22.7 Å². The van der Waals surface area contributed by atoms with Crippen molar-refractivity contribution in [1.29, 1.82) is 0 Å². The molecular formula is C15H22N4O4. The molecule has 2 aromatic rings. The van der Waals surface area contributed by atoms with Crippen molar-refractivity contribution in [2.75, 3.05) is 48.5 Å². The minimum Gasteiger partial charge on any atom is -0.383 e. The Kier molecular flexibility index (Phi) is 6.49. The highest BCUT2D eigenvalue weighted by Crippen LogP contribution is 2.14. The van der Waals surface area contributed by atoms with Gasteiger partial charge in [0.25, 0.3) is 21.7 Å². The van der Waals surface area contributed by atoms with Gasteiger partial charge in [0.15, 0.2) is 0 Å². The third-order valence-corrected chi connectivity index (χ3v) is 3.28. The first-order valence-corrected chi connectivity index (χ1v) is 7.52. The summed E-state index contributed by atoms with van der Waals surface area (Å²) in [5.41, 5.74) is -0.874. The van der Waals surface area contributed by atoms with Crippen LogP contribution in [0.3, 0.4) is 0 Å². The van der Waals surface area contributed by atoms with E-state index < -0.39 is 21.7 Å². The van der Waals surface area contributed by atoms with Crippen LogP contribution >= 0.6 is 0 Å². The summed E-state index contributed by atoms with van der Waals surface area (Å²) >= 11 is 0. The van der Waals surface area contributed by atoms with E-state index in [-0.39, 0.29) is 0 Å². The average molecular weight is 322 g/mol. The van der Waals surface area contributed by atoms with Crippen molar-refractivity contribution in [2.45, 2.75) is 20.3 Å². The Morgan fingerprint density at radius 1 is 0.609 bits per heavy atom. The highest BCUT2D eigenvalue weighted by atomic mass is 16.2. The smallest absolute Gasteiger partial charge is 0.253 e. The van der Waals surface area contributed by atoms with Crippen molar-refractivity contribution < 1.29 is 0 Å². The summed E-state index contributed by atoms with van der Waals surface area (Å²) in [5.74, 6) is 0. The van der Waals surface area contributed by atoms with Gasteiger partial charge >= 0.3 is 0 Å². The zero-order chi connectivity index (χ0) is 17.6. The molecule has 4 N–H and O–H groups in total. The van der Waals surface area contributed by atoms with Crippen molar-refractivity contribution in [2.24, 2.45) is 0 Å². The molecule has 0 radical (unpaired) electrons. The Hall–Kier alpha value is -2.64. The molecule has 0 saturated heterocycles. The molecule has 0 amide bonds. The van der Waals surface area contributed by atoms with Crippen LogP contribution in [-0.2, 0) is 0 Å². The zero-order valence-electron chi connectivity index (χ0n) is 13.8. The zero-order valence-corrected chi connectivity index (χ0v) is 13.8. The minimum atomic E-state index is -0.521. The predicted octanol–water partition coefficient (Wildman–Crippen LogP) is -0.0977. The highest BCUT2D eigenvalue weighted by molar-refractivity contribution is 5.74. The molecule has 23 heavy (non-hydrogen) atoms. The molecule has 0 saturated carbocycles. The first-order valence-electron chi connectivity index (χ1n) is 7.52. The molecular weight excluding hydrogens is 300 g/mol. The maximum Gasteiger partial charge on any atom is 0.253 e. The molecule has 0 spiro atoms. The average Bonchev–Trinajstić information content (AvgIpc) is 2.59. The first-order chi connectivity index (χ1) is 11.0. The molecule has 0 aromatic heterocycles. The number of hydrogen-bond acceptors (Lipinski definition) is 8. The lowest BCUT2D eigenvalue weighted by atomic mass is 10.2. The van der Waals surface area contributed by atoms with Crippen molar-refractivity contribution in [3.05, 3.63) is 40.9 Å². The van der Waals surface area contributed by atoms with Crippen LogP contribution in [0.1, 0.15) is 20.3 Å². The van der Waals surface area contributed by atoms with Crippen molar-refractivity contribution >= 4 is 22.7 Å². The number of hydrogen-bond donors (Lipinski definition) is 4. The molecule has 8 heteroatoms. The Bertz CT molecular complexity index is 728. The second-order valence-electron chi connectivity index (χ2n) is 4.52. The van der Waals surface area contributed by atoms with Crippen LogP contribution in [0.2, 0.25) is 0 Å². The molecule has 0 bridgehead atoms. The normalized spacial score (nSPS) is 10.1. The van der Waals surface area contributed by atoms with Crippen LogP contribution in [0.5, 0.6) is 0 Å². The van der Waals surface area contributed by atoms with E-state index >= 15 is 0 Å². The van der Waals surface area contributed by atoms with Gasteiger partial charge in [-0.05, 0) is 6.42 Å². The van der Waals surface area contributed by atoms with E-state index in [2.05, 4.69) is 21.3 Å². The van der Waals surface area contributed by atoms with Gasteiger partial charge in [-0.25, -0.2) is 0 Å². The summed E-state index contributed by atoms with van der Waals surface area (Å²) in [5, 5.41) is 11.1. The molecule has 0 heterocycles. The topological polar surface area (TPSA) is 116 Å². The SMILES string of the molecule is CC.CNc1c(NCCCNc2c(NC)c(=O)c2=O)c(=O)c1=O. The summed E-state index contributed by atoms with van der Waals surface area (Å²) in [7, 11) is 3.15. The van der Waals surface area contributed by atoms with Gasteiger partial charge in [0.2, 0.25) is 0 Å². The van der Waals surface area contributed by atoms with Gasteiger partial charge in [-0.15, -0.1) is 0 Å². The monoisotopic (exact) mass is 322 g/mol. The third-order valence-electron chi connectivity index (χ3n) is 3.28. The fourth-order valence-corrected chi connectivity index (χ4v) is 2.11. The molecule has 2 rings (SSSR count). The van der Waals surface area contributed by atoms with Crippen molar-refractivity contribution in [3.8, 4) is 0 Å². The number of nitrogens with one attached hydrogen (secondary N) is 4. The lowest BCUT2D eigenvalue weighted by Gasteiger charge is -2.14. The number of anilines is 4. The highest BCUT2D eigenvalue weighted by Gasteiger charge is 2.20.